The van der Waals surface area contributed by atoms with Gasteiger partial charge in [-0.25, -0.2) is 0 Å². The highest BCUT2D eigenvalue weighted by atomic mass is 16.7. The lowest BCUT2D eigenvalue weighted by atomic mass is 9.57. The van der Waals surface area contributed by atoms with Crippen molar-refractivity contribution in [2.24, 2.45) is 17.3 Å². The molecule has 3 fully saturated rings. The van der Waals surface area contributed by atoms with E-state index in [2.05, 4.69) is 13.8 Å². The quantitative estimate of drug-likeness (QED) is 0.695. The average molecular weight is 308 g/mol. The fraction of sp³-hybridized carbons (Fsp3) is 0.824. The molecule has 0 radical (unpaired) electrons. The van der Waals surface area contributed by atoms with Crippen molar-refractivity contribution in [3.8, 4) is 0 Å². The van der Waals surface area contributed by atoms with Crippen LogP contribution in [0.4, 0.5) is 0 Å². The number of esters is 1. The Labute approximate surface area is 130 Å². The molecule has 4 atom stereocenters. The first-order valence-corrected chi connectivity index (χ1v) is 8.30. The number of hydrogen-bond donors (Lipinski definition) is 1. The molecular formula is C17H24O5. The number of aliphatic hydroxyl groups is 1. The zero-order chi connectivity index (χ0) is 15.8. The molecule has 122 valence electrons. The summed E-state index contributed by atoms with van der Waals surface area (Å²) in [5.74, 6) is -0.972. The maximum absolute atomic E-state index is 12.1. The van der Waals surface area contributed by atoms with E-state index in [1.807, 2.05) is 0 Å². The monoisotopic (exact) mass is 308 g/mol. The van der Waals surface area contributed by atoms with E-state index in [1.165, 1.54) is 0 Å². The second kappa shape index (κ2) is 4.34. The molecule has 22 heavy (non-hydrogen) atoms. The van der Waals surface area contributed by atoms with Gasteiger partial charge in [0.05, 0.1) is 19.1 Å². The maximum atomic E-state index is 12.1. The van der Waals surface area contributed by atoms with E-state index in [4.69, 9.17) is 14.2 Å². The first-order chi connectivity index (χ1) is 10.3. The lowest BCUT2D eigenvalue weighted by Gasteiger charge is -2.52. The molecule has 1 spiro atoms. The van der Waals surface area contributed by atoms with E-state index in [-0.39, 0.29) is 17.3 Å². The van der Waals surface area contributed by atoms with Gasteiger partial charge in [0.2, 0.25) is 0 Å². The molecule has 2 unspecified atom stereocenters. The van der Waals surface area contributed by atoms with Crippen LogP contribution in [-0.4, -0.2) is 35.7 Å². The molecule has 2 heterocycles. The van der Waals surface area contributed by atoms with Crippen LogP contribution in [0.3, 0.4) is 0 Å². The zero-order valence-corrected chi connectivity index (χ0v) is 13.5. The maximum Gasteiger partial charge on any atom is 0.317 e. The van der Waals surface area contributed by atoms with Crippen molar-refractivity contribution in [3.63, 3.8) is 0 Å². The SMILES string of the molecule is CC1C2=C3OC(=O)[C@@H](C)[C@]3(O)CCC2(C)CCC12OCCO2. The van der Waals surface area contributed by atoms with Crippen LogP contribution in [0.15, 0.2) is 11.3 Å². The molecule has 0 aromatic heterocycles. The molecular weight excluding hydrogens is 284 g/mol. The molecule has 0 bridgehead atoms. The Kier molecular flexibility index (Phi) is 2.89. The summed E-state index contributed by atoms with van der Waals surface area (Å²) in [7, 11) is 0. The van der Waals surface area contributed by atoms with Crippen LogP contribution in [0.2, 0.25) is 0 Å². The second-order valence-electron chi connectivity index (χ2n) is 7.60. The summed E-state index contributed by atoms with van der Waals surface area (Å²) in [6.07, 6.45) is 3.22. The first-order valence-electron chi connectivity index (χ1n) is 8.30. The van der Waals surface area contributed by atoms with Crippen molar-refractivity contribution >= 4 is 5.97 Å². The number of fused-ring (bicyclic) bond motifs is 2. The van der Waals surface area contributed by atoms with Gasteiger partial charge in [-0.1, -0.05) is 13.8 Å². The Morgan fingerprint density at radius 1 is 1.05 bits per heavy atom. The lowest BCUT2D eigenvalue weighted by molar-refractivity contribution is -0.209. The molecule has 2 aliphatic carbocycles. The minimum absolute atomic E-state index is 0.0197. The van der Waals surface area contributed by atoms with E-state index in [1.54, 1.807) is 6.92 Å². The van der Waals surface area contributed by atoms with Gasteiger partial charge in [-0.2, -0.15) is 0 Å². The first kappa shape index (κ1) is 14.7. The smallest absolute Gasteiger partial charge is 0.317 e. The van der Waals surface area contributed by atoms with Crippen LogP contribution >= 0.6 is 0 Å². The summed E-state index contributed by atoms with van der Waals surface area (Å²) in [5.41, 5.74) is -0.171. The van der Waals surface area contributed by atoms with Crippen LogP contribution in [0.25, 0.3) is 0 Å². The molecule has 0 aromatic rings. The minimum Gasteiger partial charge on any atom is -0.428 e. The fourth-order valence-electron chi connectivity index (χ4n) is 4.89. The Hall–Kier alpha value is -0.910. The molecule has 5 nitrogen and oxygen atoms in total. The van der Waals surface area contributed by atoms with Crippen LogP contribution in [0.1, 0.15) is 46.5 Å². The summed E-state index contributed by atoms with van der Waals surface area (Å²) in [6.45, 7) is 7.25. The normalized spacial score (nSPS) is 46.6. The summed E-state index contributed by atoms with van der Waals surface area (Å²) in [4.78, 5) is 12.1. The van der Waals surface area contributed by atoms with Crippen LogP contribution in [-0.2, 0) is 19.0 Å². The van der Waals surface area contributed by atoms with Crippen molar-refractivity contribution in [3.05, 3.63) is 11.3 Å². The molecule has 4 aliphatic rings. The Morgan fingerprint density at radius 2 is 1.68 bits per heavy atom. The van der Waals surface area contributed by atoms with E-state index in [9.17, 15) is 9.90 Å². The van der Waals surface area contributed by atoms with Crippen LogP contribution in [0, 0.1) is 17.3 Å². The third-order valence-corrected chi connectivity index (χ3v) is 6.51. The molecule has 1 N–H and O–H groups in total. The number of hydrogen-bond acceptors (Lipinski definition) is 5. The Balaban J connectivity index is 1.87. The predicted octanol–water partition coefficient (Wildman–Crippen LogP) is 2.14. The molecule has 2 saturated heterocycles. The van der Waals surface area contributed by atoms with Crippen LogP contribution < -0.4 is 0 Å². The average Bonchev–Trinajstić information content (AvgIpc) is 3.04. The van der Waals surface area contributed by atoms with Crippen LogP contribution in [0.5, 0.6) is 0 Å². The van der Waals surface area contributed by atoms with Gasteiger partial charge in [-0.3, -0.25) is 4.79 Å². The van der Waals surface area contributed by atoms with Gasteiger partial charge >= 0.3 is 5.97 Å². The van der Waals surface area contributed by atoms with Crippen molar-refractivity contribution in [1.29, 1.82) is 0 Å². The van der Waals surface area contributed by atoms with Crippen molar-refractivity contribution in [2.75, 3.05) is 13.2 Å². The summed E-state index contributed by atoms with van der Waals surface area (Å²) in [5, 5.41) is 11.1. The van der Waals surface area contributed by atoms with Gasteiger partial charge in [0.15, 0.2) is 5.79 Å². The highest BCUT2D eigenvalue weighted by Gasteiger charge is 2.62. The molecule has 1 saturated carbocycles. The van der Waals surface area contributed by atoms with E-state index in [0.29, 0.717) is 25.4 Å². The molecule has 5 heteroatoms. The number of ether oxygens (including phenoxy) is 3. The molecule has 2 aliphatic heterocycles. The predicted molar refractivity (Wildman–Crippen MR) is 77.6 cm³/mol. The van der Waals surface area contributed by atoms with Crippen molar-refractivity contribution in [2.45, 2.75) is 57.8 Å². The molecule has 0 aromatic carbocycles. The lowest BCUT2D eigenvalue weighted by Crippen LogP contribution is -2.52. The minimum atomic E-state index is -1.16. The topological polar surface area (TPSA) is 65.0 Å². The number of rotatable bonds is 0. The third-order valence-electron chi connectivity index (χ3n) is 6.51. The standard InChI is InChI=1S/C17H24O5/c1-10-12-13-16(19,11(2)14(18)22-13)6-4-15(12,3)5-7-17(10)20-8-9-21-17/h10-11,19H,4-9H2,1-3H3/t10?,11-,15?,16-/m1/s1. The van der Waals surface area contributed by atoms with E-state index in [0.717, 1.165) is 24.8 Å². The van der Waals surface area contributed by atoms with Crippen molar-refractivity contribution in [1.82, 2.24) is 0 Å². The summed E-state index contributed by atoms with van der Waals surface area (Å²) in [6, 6.07) is 0. The van der Waals surface area contributed by atoms with E-state index >= 15 is 0 Å². The van der Waals surface area contributed by atoms with Gasteiger partial charge in [0.1, 0.15) is 11.4 Å². The highest BCUT2D eigenvalue weighted by molar-refractivity contribution is 5.79. The second-order valence-corrected chi connectivity index (χ2v) is 7.60. The largest absolute Gasteiger partial charge is 0.428 e. The summed E-state index contributed by atoms with van der Waals surface area (Å²) < 4.78 is 17.5. The number of carbonyl (C=O) groups excluding carboxylic acids is 1. The number of carbonyl (C=O) groups is 1. The van der Waals surface area contributed by atoms with E-state index < -0.39 is 17.3 Å². The third kappa shape index (κ3) is 1.62. The molecule has 0 amide bonds. The Bertz CT molecular complexity index is 561. The fourth-order valence-corrected chi connectivity index (χ4v) is 4.89. The zero-order valence-electron chi connectivity index (χ0n) is 13.5. The van der Waals surface area contributed by atoms with Gasteiger partial charge in [-0.15, -0.1) is 0 Å². The Morgan fingerprint density at radius 3 is 2.36 bits per heavy atom. The van der Waals surface area contributed by atoms with Gasteiger partial charge in [0, 0.05) is 12.3 Å². The van der Waals surface area contributed by atoms with Crippen molar-refractivity contribution < 1.29 is 24.1 Å². The van der Waals surface area contributed by atoms with Gasteiger partial charge in [-0.05, 0) is 37.2 Å². The van der Waals surface area contributed by atoms with Gasteiger partial charge in [0.25, 0.3) is 0 Å². The summed E-state index contributed by atoms with van der Waals surface area (Å²) >= 11 is 0. The van der Waals surface area contributed by atoms with Gasteiger partial charge < -0.3 is 19.3 Å². The molecule has 4 rings (SSSR count). The highest BCUT2D eigenvalue weighted by Crippen LogP contribution is 2.61.